The zero-order chi connectivity index (χ0) is 9.68. The monoisotopic (exact) mass is 178 g/mol. The lowest BCUT2D eigenvalue weighted by molar-refractivity contribution is -0.141. The minimum Gasteiger partial charge on any atom is -0.469 e. The molecule has 1 aliphatic rings. The molecule has 0 aromatic heterocycles. The van der Waals surface area contributed by atoms with Crippen molar-refractivity contribution in [2.24, 2.45) is 5.92 Å². The number of allylic oxidation sites excluding steroid dienone is 5. The van der Waals surface area contributed by atoms with Crippen LogP contribution in [0.1, 0.15) is 6.42 Å². The van der Waals surface area contributed by atoms with Gasteiger partial charge in [-0.2, -0.15) is 0 Å². The first-order valence-corrected chi connectivity index (χ1v) is 3.94. The number of carbonyl (C=O) groups is 1. The largest absolute Gasteiger partial charge is 0.469 e. The Morgan fingerprint density at radius 3 is 3.00 bits per heavy atom. The van der Waals surface area contributed by atoms with Crippen LogP contribution in [0.2, 0.25) is 0 Å². The van der Waals surface area contributed by atoms with Crippen LogP contribution < -0.4 is 0 Å². The van der Waals surface area contributed by atoms with E-state index < -0.39 is 0 Å². The van der Waals surface area contributed by atoms with E-state index in [-0.39, 0.29) is 18.3 Å². The Balaban J connectivity index is 2.69. The van der Waals surface area contributed by atoms with Gasteiger partial charge in [-0.3, -0.25) is 4.79 Å². The SMILES string of the molecule is COC(=O)CC1C=CC=CC1=C=O. The van der Waals surface area contributed by atoms with E-state index in [0.717, 1.165) is 0 Å². The van der Waals surface area contributed by atoms with E-state index in [9.17, 15) is 9.59 Å². The van der Waals surface area contributed by atoms with E-state index in [1.807, 2.05) is 0 Å². The highest BCUT2D eigenvalue weighted by Crippen LogP contribution is 2.19. The molecule has 0 aromatic rings. The molecule has 0 bridgehead atoms. The minimum atomic E-state index is -0.322. The summed E-state index contributed by atoms with van der Waals surface area (Å²) >= 11 is 0. The van der Waals surface area contributed by atoms with Crippen LogP contribution in [0, 0.1) is 5.92 Å². The van der Waals surface area contributed by atoms with Gasteiger partial charge in [0.25, 0.3) is 0 Å². The summed E-state index contributed by atoms with van der Waals surface area (Å²) in [5, 5.41) is 0. The Hall–Kier alpha value is -1.60. The van der Waals surface area contributed by atoms with E-state index in [0.29, 0.717) is 5.57 Å². The fraction of sp³-hybridized carbons (Fsp3) is 0.300. The molecule has 0 amide bonds. The Morgan fingerprint density at radius 1 is 1.62 bits per heavy atom. The average molecular weight is 178 g/mol. The molecular weight excluding hydrogens is 168 g/mol. The summed E-state index contributed by atoms with van der Waals surface area (Å²) in [6.45, 7) is 0. The molecule has 0 spiro atoms. The van der Waals surface area contributed by atoms with Crippen LogP contribution in [0.25, 0.3) is 0 Å². The van der Waals surface area contributed by atoms with Gasteiger partial charge < -0.3 is 4.74 Å². The molecule has 1 unspecified atom stereocenters. The molecule has 0 saturated heterocycles. The van der Waals surface area contributed by atoms with Gasteiger partial charge in [0.05, 0.1) is 13.5 Å². The van der Waals surface area contributed by atoms with Gasteiger partial charge in [0.1, 0.15) is 5.94 Å². The molecule has 68 valence electrons. The second kappa shape index (κ2) is 4.43. The Kier molecular flexibility index (Phi) is 3.23. The fourth-order valence-electron chi connectivity index (χ4n) is 1.14. The van der Waals surface area contributed by atoms with Crippen molar-refractivity contribution in [3.05, 3.63) is 29.9 Å². The van der Waals surface area contributed by atoms with Gasteiger partial charge in [-0.15, -0.1) is 0 Å². The Bertz CT molecular complexity index is 306. The normalized spacial score (nSPS) is 19.8. The van der Waals surface area contributed by atoms with Crippen LogP contribution in [-0.4, -0.2) is 19.0 Å². The van der Waals surface area contributed by atoms with Gasteiger partial charge >= 0.3 is 5.97 Å². The lowest BCUT2D eigenvalue weighted by Crippen LogP contribution is -2.11. The van der Waals surface area contributed by atoms with Gasteiger partial charge in [0, 0.05) is 11.5 Å². The van der Waals surface area contributed by atoms with E-state index in [1.165, 1.54) is 7.11 Å². The highest BCUT2D eigenvalue weighted by Gasteiger charge is 2.16. The van der Waals surface area contributed by atoms with Crippen molar-refractivity contribution in [3.63, 3.8) is 0 Å². The number of ether oxygens (including phenoxy) is 1. The standard InChI is InChI=1S/C10H10O3/c1-13-10(12)6-8-4-2-3-5-9(8)7-11/h2-5,8H,6H2,1H3. The summed E-state index contributed by atoms with van der Waals surface area (Å²) in [6, 6.07) is 0. The second-order valence-corrected chi connectivity index (χ2v) is 2.69. The van der Waals surface area contributed by atoms with E-state index in [2.05, 4.69) is 4.74 Å². The van der Waals surface area contributed by atoms with Gasteiger partial charge in [-0.1, -0.05) is 18.2 Å². The molecule has 1 atom stereocenters. The number of carbonyl (C=O) groups excluding carboxylic acids is 2. The summed E-state index contributed by atoms with van der Waals surface area (Å²) < 4.78 is 4.51. The third-order valence-corrected chi connectivity index (χ3v) is 1.86. The van der Waals surface area contributed by atoms with Gasteiger partial charge in [0.15, 0.2) is 0 Å². The third kappa shape index (κ3) is 2.42. The van der Waals surface area contributed by atoms with E-state index >= 15 is 0 Å². The van der Waals surface area contributed by atoms with Crippen LogP contribution >= 0.6 is 0 Å². The van der Waals surface area contributed by atoms with Crippen molar-refractivity contribution < 1.29 is 14.3 Å². The highest BCUT2D eigenvalue weighted by atomic mass is 16.5. The van der Waals surface area contributed by atoms with Crippen LogP contribution in [0.15, 0.2) is 29.9 Å². The number of hydrogen-bond acceptors (Lipinski definition) is 3. The minimum absolute atomic E-state index is 0.185. The van der Waals surface area contributed by atoms with Crippen LogP contribution in [0.5, 0.6) is 0 Å². The van der Waals surface area contributed by atoms with E-state index in [4.69, 9.17) is 0 Å². The predicted octanol–water partition coefficient (Wildman–Crippen LogP) is 1.05. The zero-order valence-corrected chi connectivity index (χ0v) is 7.32. The third-order valence-electron chi connectivity index (χ3n) is 1.86. The first kappa shape index (κ1) is 9.49. The summed E-state index contributed by atoms with van der Waals surface area (Å²) in [5.74, 6) is 1.30. The number of hydrogen-bond donors (Lipinski definition) is 0. The maximum absolute atomic E-state index is 10.9. The number of esters is 1. The molecule has 0 fully saturated rings. The van der Waals surface area contributed by atoms with Crippen LogP contribution in [0.3, 0.4) is 0 Å². The molecule has 0 saturated carbocycles. The van der Waals surface area contributed by atoms with Crippen molar-refractivity contribution in [2.45, 2.75) is 6.42 Å². The van der Waals surface area contributed by atoms with Gasteiger partial charge in [0.2, 0.25) is 0 Å². The van der Waals surface area contributed by atoms with Gasteiger partial charge in [-0.25, -0.2) is 4.79 Å². The number of rotatable bonds is 2. The van der Waals surface area contributed by atoms with Gasteiger partial charge in [-0.05, 0) is 6.08 Å². The molecule has 0 heterocycles. The van der Waals surface area contributed by atoms with Crippen molar-refractivity contribution in [1.82, 2.24) is 0 Å². The lowest BCUT2D eigenvalue weighted by atomic mass is 9.93. The molecule has 13 heavy (non-hydrogen) atoms. The van der Waals surface area contributed by atoms with E-state index in [1.54, 1.807) is 30.2 Å². The van der Waals surface area contributed by atoms with Crippen LogP contribution in [-0.2, 0) is 14.3 Å². The maximum Gasteiger partial charge on any atom is 0.306 e. The average Bonchev–Trinajstić information content (AvgIpc) is 2.18. The zero-order valence-electron chi connectivity index (χ0n) is 7.32. The smallest absolute Gasteiger partial charge is 0.306 e. The summed E-state index contributed by atoms with van der Waals surface area (Å²) in [7, 11) is 1.33. The van der Waals surface area contributed by atoms with Crippen molar-refractivity contribution >= 4 is 11.9 Å². The lowest BCUT2D eigenvalue weighted by Gasteiger charge is -2.11. The molecule has 1 aliphatic carbocycles. The Labute approximate surface area is 76.4 Å². The number of methoxy groups -OCH3 is 1. The molecule has 1 rings (SSSR count). The molecule has 0 radical (unpaired) electrons. The topological polar surface area (TPSA) is 43.4 Å². The summed E-state index contributed by atoms with van der Waals surface area (Å²) in [4.78, 5) is 21.4. The molecule has 0 N–H and O–H groups in total. The van der Waals surface area contributed by atoms with Crippen LogP contribution in [0.4, 0.5) is 0 Å². The molecule has 0 aromatic carbocycles. The fourth-order valence-corrected chi connectivity index (χ4v) is 1.14. The first-order valence-electron chi connectivity index (χ1n) is 3.94. The van der Waals surface area contributed by atoms with Crippen molar-refractivity contribution in [3.8, 4) is 0 Å². The van der Waals surface area contributed by atoms with Crippen molar-refractivity contribution in [1.29, 1.82) is 0 Å². The predicted molar refractivity (Wildman–Crippen MR) is 47.6 cm³/mol. The Morgan fingerprint density at radius 2 is 2.38 bits per heavy atom. The second-order valence-electron chi connectivity index (χ2n) is 2.69. The first-order chi connectivity index (χ1) is 6.27. The quantitative estimate of drug-likeness (QED) is 0.469. The van der Waals surface area contributed by atoms with Crippen molar-refractivity contribution in [2.75, 3.05) is 7.11 Å². The highest BCUT2D eigenvalue weighted by molar-refractivity contribution is 5.72. The maximum atomic E-state index is 10.9. The molecular formula is C10H10O3. The molecule has 3 nitrogen and oxygen atoms in total. The summed E-state index contributed by atoms with van der Waals surface area (Å²) in [5.41, 5.74) is 0.493. The molecule has 3 heteroatoms. The summed E-state index contributed by atoms with van der Waals surface area (Å²) in [6.07, 6.45) is 7.18. The molecule has 0 aliphatic heterocycles.